The van der Waals surface area contributed by atoms with Crippen LogP contribution in [0.2, 0.25) is 0 Å². The van der Waals surface area contributed by atoms with Gasteiger partial charge >= 0.3 is 12.0 Å². The fourth-order valence-electron chi connectivity index (χ4n) is 6.61. The summed E-state index contributed by atoms with van der Waals surface area (Å²) in [6.07, 6.45) is 0.251. The molecule has 1 aliphatic rings. The molecule has 2 amide bonds. The number of amides is 2. The fourth-order valence-corrected chi connectivity index (χ4v) is 6.61. The van der Waals surface area contributed by atoms with Gasteiger partial charge in [-0.1, -0.05) is 127 Å². The number of nitrogens with zero attached hydrogens (tertiary/aromatic N) is 1. The van der Waals surface area contributed by atoms with Crippen molar-refractivity contribution in [1.29, 1.82) is 0 Å². The van der Waals surface area contributed by atoms with Crippen LogP contribution in [0.4, 0.5) is 4.79 Å². The molecule has 274 valence electrons. The van der Waals surface area contributed by atoms with Gasteiger partial charge in [-0.3, -0.25) is 4.90 Å². The summed E-state index contributed by atoms with van der Waals surface area (Å²) >= 11 is 0. The number of methoxy groups -OCH3 is 1. The van der Waals surface area contributed by atoms with Crippen molar-refractivity contribution in [2.24, 2.45) is 0 Å². The normalized spacial score (nSPS) is 17.5. The van der Waals surface area contributed by atoms with Crippen molar-refractivity contribution in [2.75, 3.05) is 20.7 Å². The Kier molecular flexibility index (Phi) is 13.0. The summed E-state index contributed by atoms with van der Waals surface area (Å²) in [6.45, 7) is 1.84. The number of aliphatic hydroxyl groups is 1. The van der Waals surface area contributed by atoms with Crippen molar-refractivity contribution in [3.8, 4) is 11.1 Å². The Labute approximate surface area is 311 Å². The Morgan fingerprint density at radius 1 is 0.774 bits per heavy atom. The van der Waals surface area contributed by atoms with E-state index in [1.807, 2.05) is 97.1 Å². The molecule has 0 unspecified atom stereocenters. The SMILES string of the molecule is COC(=O)[C@H](Cc1ccccc1)NC(=O)NCc1cccc(-c2ccc([C@@H]3O[C@H](CN(C)Cc4ccccc4)C[C@H](c4ccc(CO)cc4)O3)cc2)c1. The van der Waals surface area contributed by atoms with Gasteiger partial charge < -0.3 is 30.0 Å². The summed E-state index contributed by atoms with van der Waals surface area (Å²) in [6, 6.07) is 42.8. The molecule has 1 fully saturated rings. The van der Waals surface area contributed by atoms with E-state index in [-0.39, 0.29) is 25.4 Å². The molecule has 0 spiro atoms. The summed E-state index contributed by atoms with van der Waals surface area (Å²) in [5, 5.41) is 15.2. The van der Waals surface area contributed by atoms with Crippen LogP contribution >= 0.6 is 0 Å². The number of nitrogens with one attached hydrogen (secondary N) is 2. The van der Waals surface area contributed by atoms with Crippen molar-refractivity contribution in [1.82, 2.24) is 15.5 Å². The number of benzene rings is 5. The van der Waals surface area contributed by atoms with E-state index in [1.165, 1.54) is 12.7 Å². The van der Waals surface area contributed by atoms with Gasteiger partial charge in [0.1, 0.15) is 6.04 Å². The van der Waals surface area contributed by atoms with E-state index in [1.54, 1.807) is 0 Å². The molecule has 0 radical (unpaired) electrons. The molecule has 4 atom stereocenters. The molecule has 1 saturated heterocycles. The topological polar surface area (TPSA) is 109 Å². The van der Waals surface area contributed by atoms with Crippen molar-refractivity contribution in [3.05, 3.63) is 167 Å². The number of aliphatic hydroxyl groups excluding tert-OH is 1. The monoisotopic (exact) mass is 713 g/mol. The van der Waals surface area contributed by atoms with E-state index in [4.69, 9.17) is 14.2 Å². The highest BCUT2D eigenvalue weighted by Gasteiger charge is 2.33. The van der Waals surface area contributed by atoms with E-state index < -0.39 is 24.3 Å². The predicted octanol–water partition coefficient (Wildman–Crippen LogP) is 7.11. The van der Waals surface area contributed by atoms with E-state index in [2.05, 4.69) is 59.0 Å². The van der Waals surface area contributed by atoms with Gasteiger partial charge in [-0.15, -0.1) is 0 Å². The van der Waals surface area contributed by atoms with E-state index in [0.717, 1.165) is 52.0 Å². The maximum atomic E-state index is 12.8. The molecule has 3 N–H and O–H groups in total. The van der Waals surface area contributed by atoms with Crippen molar-refractivity contribution < 1.29 is 28.9 Å². The number of carbonyl (C=O) groups is 2. The number of rotatable bonds is 14. The summed E-state index contributed by atoms with van der Waals surface area (Å²) in [5.41, 5.74) is 7.94. The minimum Gasteiger partial charge on any atom is -0.467 e. The number of likely N-dealkylation sites (N-methyl/N-ethyl adjacent to an activating group) is 1. The summed E-state index contributed by atoms with van der Waals surface area (Å²) < 4.78 is 18.1. The maximum absolute atomic E-state index is 12.8. The van der Waals surface area contributed by atoms with Gasteiger partial charge in [-0.2, -0.15) is 0 Å². The molecule has 9 heteroatoms. The first kappa shape index (κ1) is 37.4. The molecular weight excluding hydrogens is 666 g/mol. The Hall–Kier alpha value is -5.32. The quantitative estimate of drug-likeness (QED) is 0.105. The third-order valence-electron chi connectivity index (χ3n) is 9.40. The highest BCUT2D eigenvalue weighted by Crippen LogP contribution is 2.38. The van der Waals surface area contributed by atoms with Crippen molar-refractivity contribution in [2.45, 2.75) is 57.1 Å². The van der Waals surface area contributed by atoms with Crippen LogP contribution in [0, 0.1) is 0 Å². The summed E-state index contributed by atoms with van der Waals surface area (Å²) in [5.74, 6) is -0.503. The third-order valence-corrected chi connectivity index (χ3v) is 9.40. The molecule has 0 aromatic heterocycles. The lowest BCUT2D eigenvalue weighted by atomic mass is 9.99. The molecule has 1 heterocycles. The van der Waals surface area contributed by atoms with Crippen LogP contribution in [0.25, 0.3) is 11.1 Å². The fraction of sp³-hybridized carbons (Fsp3) is 0.273. The number of hydrogen-bond acceptors (Lipinski definition) is 7. The molecular formula is C44H47N3O6. The second-order valence-electron chi connectivity index (χ2n) is 13.4. The zero-order valence-electron chi connectivity index (χ0n) is 30.2. The van der Waals surface area contributed by atoms with Gasteiger partial charge in [0, 0.05) is 38.0 Å². The molecule has 0 saturated carbocycles. The lowest BCUT2D eigenvalue weighted by Crippen LogP contribution is -2.47. The number of urea groups is 1. The van der Waals surface area contributed by atoms with Gasteiger partial charge in [0.25, 0.3) is 0 Å². The molecule has 0 bridgehead atoms. The number of esters is 1. The van der Waals surface area contributed by atoms with Crippen LogP contribution < -0.4 is 10.6 Å². The molecule has 1 aliphatic heterocycles. The van der Waals surface area contributed by atoms with Gasteiger partial charge in [-0.25, -0.2) is 9.59 Å². The molecule has 6 rings (SSSR count). The average molecular weight is 714 g/mol. The third kappa shape index (κ3) is 10.6. The van der Waals surface area contributed by atoms with Crippen LogP contribution in [0.3, 0.4) is 0 Å². The van der Waals surface area contributed by atoms with E-state index in [0.29, 0.717) is 12.8 Å². The van der Waals surface area contributed by atoms with Crippen LogP contribution in [0.5, 0.6) is 0 Å². The van der Waals surface area contributed by atoms with Crippen molar-refractivity contribution in [3.63, 3.8) is 0 Å². The largest absolute Gasteiger partial charge is 0.467 e. The molecule has 5 aromatic rings. The van der Waals surface area contributed by atoms with E-state index in [9.17, 15) is 14.7 Å². The van der Waals surface area contributed by atoms with Crippen LogP contribution in [-0.4, -0.2) is 54.9 Å². The highest BCUT2D eigenvalue weighted by atomic mass is 16.7. The molecule has 53 heavy (non-hydrogen) atoms. The zero-order chi connectivity index (χ0) is 37.0. The second-order valence-corrected chi connectivity index (χ2v) is 13.4. The van der Waals surface area contributed by atoms with Crippen LogP contribution in [-0.2, 0) is 45.1 Å². The second kappa shape index (κ2) is 18.4. The minimum absolute atomic E-state index is 0.00178. The van der Waals surface area contributed by atoms with Gasteiger partial charge in [0.05, 0.1) is 25.9 Å². The van der Waals surface area contributed by atoms with Gasteiger partial charge in [0.2, 0.25) is 0 Å². The lowest BCUT2D eigenvalue weighted by Gasteiger charge is -2.38. The minimum atomic E-state index is -0.808. The molecule has 5 aromatic carbocycles. The average Bonchev–Trinajstić information content (AvgIpc) is 3.20. The summed E-state index contributed by atoms with van der Waals surface area (Å²) in [7, 11) is 3.43. The van der Waals surface area contributed by atoms with Gasteiger partial charge in [-0.05, 0) is 52.1 Å². The van der Waals surface area contributed by atoms with Crippen molar-refractivity contribution >= 4 is 12.0 Å². The first-order chi connectivity index (χ1) is 25.9. The Morgan fingerprint density at radius 2 is 1.43 bits per heavy atom. The van der Waals surface area contributed by atoms with Crippen LogP contribution in [0.1, 0.15) is 52.2 Å². The van der Waals surface area contributed by atoms with Gasteiger partial charge in [0.15, 0.2) is 6.29 Å². The number of carbonyl (C=O) groups excluding carboxylic acids is 2. The first-order valence-electron chi connectivity index (χ1n) is 18.0. The zero-order valence-corrected chi connectivity index (χ0v) is 30.2. The highest BCUT2D eigenvalue weighted by molar-refractivity contribution is 5.83. The van der Waals surface area contributed by atoms with Crippen LogP contribution in [0.15, 0.2) is 133 Å². The molecule has 0 aliphatic carbocycles. The smallest absolute Gasteiger partial charge is 0.328 e. The van der Waals surface area contributed by atoms with E-state index >= 15 is 0 Å². The maximum Gasteiger partial charge on any atom is 0.328 e. The Balaban J connectivity index is 1.10. The summed E-state index contributed by atoms with van der Waals surface area (Å²) in [4.78, 5) is 27.5. The Morgan fingerprint density at radius 3 is 2.11 bits per heavy atom. The lowest BCUT2D eigenvalue weighted by molar-refractivity contribution is -0.252. The standard InChI is InChI=1S/C44H47N3O6/c1-47(28-32-12-7-4-8-13-32)29-39-26-41(36-18-16-33(30-48)17-19-36)53-43(52-39)37-22-20-35(21-23-37)38-15-9-14-34(24-38)27-45-44(50)46-40(42(49)51-2)25-31-10-5-3-6-11-31/h3-24,39-41,43,48H,25-30H2,1-2H3,(H2,45,46,50)/t39-,40-,41+,43+/m0/s1. The predicted molar refractivity (Wildman–Crippen MR) is 204 cm³/mol. The molecule has 9 nitrogen and oxygen atoms in total. The Bertz CT molecular complexity index is 1900. The number of hydrogen-bond donors (Lipinski definition) is 3. The first-order valence-corrected chi connectivity index (χ1v) is 18.0. The number of ether oxygens (including phenoxy) is 3.